The summed E-state index contributed by atoms with van der Waals surface area (Å²) in [6.07, 6.45) is 22.5. The monoisotopic (exact) mass is 431 g/mol. The lowest BCUT2D eigenvalue weighted by molar-refractivity contribution is -0.831. The van der Waals surface area contributed by atoms with Crippen LogP contribution in [-0.2, 0) is 4.79 Å². The van der Waals surface area contributed by atoms with E-state index in [1.165, 1.54) is 77.0 Å². The average molecular weight is 433 g/mol. The fourth-order valence-corrected chi connectivity index (χ4v) is 3.19. The Labute approximate surface area is 175 Å². The number of nitrogens with zero attached hydrogens (tertiary/aromatic N) is 1. The standard InChI is InChI=1S/C23H46NO.BrH/c1-5-8-9-10-11-12-13-14-15-16-17-18-19-20-21-22-23(25)24(4,6-2)7-3;/h14-15H,5-13,16-22H2,1-4H3;1H/q+1;/p-1/b15-14-;. The van der Waals surface area contributed by atoms with Crippen molar-refractivity contribution in [3.63, 3.8) is 0 Å². The number of rotatable bonds is 17. The predicted octanol–water partition coefficient (Wildman–Crippen LogP) is 4.04. The topological polar surface area (TPSA) is 17.1 Å². The zero-order chi connectivity index (χ0) is 18.8. The molecule has 0 spiro atoms. The molecule has 26 heavy (non-hydrogen) atoms. The van der Waals surface area contributed by atoms with Crippen LogP contribution in [0.1, 0.15) is 111 Å². The molecule has 1 amide bonds. The van der Waals surface area contributed by atoms with Crippen LogP contribution < -0.4 is 17.0 Å². The van der Waals surface area contributed by atoms with Crippen LogP contribution in [0.15, 0.2) is 12.2 Å². The van der Waals surface area contributed by atoms with Gasteiger partial charge in [-0.2, -0.15) is 0 Å². The quantitative estimate of drug-likeness (QED) is 0.193. The number of hydrogen-bond donors (Lipinski definition) is 0. The van der Waals surface area contributed by atoms with Gasteiger partial charge < -0.3 is 17.0 Å². The number of unbranched alkanes of at least 4 members (excludes halogenated alkanes) is 11. The van der Waals surface area contributed by atoms with E-state index in [4.69, 9.17) is 0 Å². The number of carbonyl (C=O) groups is 1. The number of carbonyl (C=O) groups excluding carboxylic acids is 1. The highest BCUT2D eigenvalue weighted by Crippen LogP contribution is 2.12. The molecule has 0 saturated heterocycles. The van der Waals surface area contributed by atoms with Gasteiger partial charge in [-0.1, -0.05) is 70.4 Å². The van der Waals surface area contributed by atoms with E-state index < -0.39 is 0 Å². The highest BCUT2D eigenvalue weighted by molar-refractivity contribution is 5.68. The van der Waals surface area contributed by atoms with Crippen molar-refractivity contribution in [3.05, 3.63) is 12.2 Å². The van der Waals surface area contributed by atoms with Crippen LogP contribution in [0, 0.1) is 0 Å². The summed E-state index contributed by atoms with van der Waals surface area (Å²) in [5.74, 6) is 0.419. The number of amides is 1. The van der Waals surface area contributed by atoms with Crippen LogP contribution >= 0.6 is 0 Å². The SMILES string of the molecule is CCCCCCCC/C=C\CCCCCCCC(=O)[N+](C)(CC)CC.[Br-]. The van der Waals surface area contributed by atoms with E-state index in [1.54, 1.807) is 0 Å². The molecule has 0 aliphatic heterocycles. The molecule has 0 aromatic heterocycles. The number of hydrogen-bond acceptors (Lipinski definition) is 1. The van der Waals surface area contributed by atoms with Crippen molar-refractivity contribution < 1.29 is 26.3 Å². The van der Waals surface area contributed by atoms with E-state index in [-0.39, 0.29) is 17.0 Å². The minimum absolute atomic E-state index is 0. The Morgan fingerprint density at radius 3 is 1.58 bits per heavy atom. The number of quaternary nitrogens is 1. The van der Waals surface area contributed by atoms with Crippen molar-refractivity contribution in [1.82, 2.24) is 0 Å². The Hall–Kier alpha value is -0.150. The maximum atomic E-state index is 12.2. The van der Waals surface area contributed by atoms with Gasteiger partial charge in [-0.15, -0.1) is 0 Å². The van der Waals surface area contributed by atoms with E-state index in [2.05, 4.69) is 40.0 Å². The lowest BCUT2D eigenvalue weighted by Gasteiger charge is -2.28. The molecule has 2 nitrogen and oxygen atoms in total. The maximum absolute atomic E-state index is 12.2. The molecule has 0 heterocycles. The first-order valence-corrected chi connectivity index (χ1v) is 11.1. The van der Waals surface area contributed by atoms with E-state index >= 15 is 0 Å². The molecule has 0 aliphatic rings. The van der Waals surface area contributed by atoms with Crippen molar-refractivity contribution in [2.75, 3.05) is 20.1 Å². The second-order valence-corrected chi connectivity index (χ2v) is 7.76. The molecule has 0 bridgehead atoms. The van der Waals surface area contributed by atoms with E-state index in [0.29, 0.717) is 10.4 Å². The molecule has 3 heteroatoms. The molecule has 0 radical (unpaired) electrons. The van der Waals surface area contributed by atoms with E-state index in [0.717, 1.165) is 25.9 Å². The summed E-state index contributed by atoms with van der Waals surface area (Å²) in [5, 5.41) is 0. The molecule has 0 saturated carbocycles. The van der Waals surface area contributed by atoms with Gasteiger partial charge in [-0.05, 0) is 46.0 Å². The third-order valence-electron chi connectivity index (χ3n) is 5.65. The molecule has 156 valence electrons. The van der Waals surface area contributed by atoms with Crippen LogP contribution in [0.25, 0.3) is 0 Å². The maximum Gasteiger partial charge on any atom is 0.313 e. The molecular weight excluding hydrogens is 386 g/mol. The first kappa shape index (κ1) is 28.1. The Bertz CT molecular complexity index is 337. The second-order valence-electron chi connectivity index (χ2n) is 7.76. The molecule has 0 unspecified atom stereocenters. The van der Waals surface area contributed by atoms with Gasteiger partial charge >= 0.3 is 5.91 Å². The van der Waals surface area contributed by atoms with E-state index in [9.17, 15) is 4.79 Å². The van der Waals surface area contributed by atoms with Crippen molar-refractivity contribution in [1.29, 1.82) is 0 Å². The van der Waals surface area contributed by atoms with Crippen LogP contribution in [0.4, 0.5) is 0 Å². The van der Waals surface area contributed by atoms with Crippen molar-refractivity contribution in [2.45, 2.75) is 111 Å². The van der Waals surface area contributed by atoms with Gasteiger partial charge in [0.25, 0.3) is 0 Å². The molecule has 0 aliphatic carbocycles. The first-order chi connectivity index (χ1) is 12.1. The van der Waals surface area contributed by atoms with Gasteiger partial charge in [-0.25, -0.2) is 4.79 Å². The second kappa shape index (κ2) is 19.6. The summed E-state index contributed by atoms with van der Waals surface area (Å²) in [5.41, 5.74) is 0. The van der Waals surface area contributed by atoms with Crippen molar-refractivity contribution in [3.8, 4) is 0 Å². The van der Waals surface area contributed by atoms with Gasteiger partial charge in [0.15, 0.2) is 0 Å². The first-order valence-electron chi connectivity index (χ1n) is 11.1. The van der Waals surface area contributed by atoms with Gasteiger partial charge in [0.05, 0.1) is 26.6 Å². The highest BCUT2D eigenvalue weighted by Gasteiger charge is 2.26. The lowest BCUT2D eigenvalue weighted by atomic mass is 10.1. The molecule has 0 aromatic rings. The summed E-state index contributed by atoms with van der Waals surface area (Å²) in [6.45, 7) is 8.33. The fraction of sp³-hybridized carbons (Fsp3) is 0.870. The number of halogens is 1. The van der Waals surface area contributed by atoms with Crippen LogP contribution in [0.5, 0.6) is 0 Å². The average Bonchev–Trinajstić information content (AvgIpc) is 2.63. The number of allylic oxidation sites excluding steroid dienone is 2. The summed E-state index contributed by atoms with van der Waals surface area (Å²) < 4.78 is 0.601. The largest absolute Gasteiger partial charge is 1.00 e. The van der Waals surface area contributed by atoms with Gasteiger partial charge in [0, 0.05) is 0 Å². The van der Waals surface area contributed by atoms with Crippen LogP contribution in [0.3, 0.4) is 0 Å². The summed E-state index contributed by atoms with van der Waals surface area (Å²) >= 11 is 0. The minimum Gasteiger partial charge on any atom is -1.00 e. The third kappa shape index (κ3) is 15.0. The van der Waals surface area contributed by atoms with Gasteiger partial charge in [-0.3, -0.25) is 4.48 Å². The van der Waals surface area contributed by atoms with Crippen LogP contribution in [-0.4, -0.2) is 30.5 Å². The zero-order valence-electron chi connectivity index (χ0n) is 18.2. The van der Waals surface area contributed by atoms with Crippen molar-refractivity contribution >= 4 is 5.91 Å². The fourth-order valence-electron chi connectivity index (χ4n) is 3.19. The molecular formula is C23H46BrNO. The van der Waals surface area contributed by atoms with Gasteiger partial charge in [0.1, 0.15) is 0 Å². The summed E-state index contributed by atoms with van der Waals surface area (Å²) in [4.78, 5) is 12.2. The lowest BCUT2D eigenvalue weighted by Crippen LogP contribution is -3.00. The van der Waals surface area contributed by atoms with E-state index in [1.807, 2.05) is 0 Å². The predicted molar refractivity (Wildman–Crippen MR) is 112 cm³/mol. The summed E-state index contributed by atoms with van der Waals surface area (Å²) in [7, 11) is 2.07. The van der Waals surface area contributed by atoms with Crippen LogP contribution in [0.2, 0.25) is 0 Å². The molecule has 0 N–H and O–H groups in total. The molecule has 0 fully saturated rings. The Morgan fingerprint density at radius 2 is 1.12 bits per heavy atom. The molecule has 0 atom stereocenters. The Balaban J connectivity index is 0. The smallest absolute Gasteiger partial charge is 0.313 e. The van der Waals surface area contributed by atoms with Crippen molar-refractivity contribution in [2.24, 2.45) is 0 Å². The Morgan fingerprint density at radius 1 is 0.692 bits per heavy atom. The highest BCUT2D eigenvalue weighted by atomic mass is 79.9. The minimum atomic E-state index is 0. The normalized spacial score (nSPS) is 11.7. The summed E-state index contributed by atoms with van der Waals surface area (Å²) in [6, 6.07) is 0. The molecule has 0 rings (SSSR count). The van der Waals surface area contributed by atoms with Gasteiger partial charge in [0.2, 0.25) is 0 Å². The third-order valence-corrected chi connectivity index (χ3v) is 5.65. The zero-order valence-corrected chi connectivity index (χ0v) is 19.8. The Kier molecular flexibility index (Phi) is 21.2. The molecule has 0 aromatic carbocycles.